The molecule has 0 heterocycles. The molecule has 0 aliphatic carbocycles. The standard InChI is InChI=1S/C14H13NO/c1-2-4-14(16)6-3-5-12-7-9-13(11-15)10-8-12/h2,7-10,14,16H,1,4,6H2. The highest BCUT2D eigenvalue weighted by Crippen LogP contribution is 2.02. The van der Waals surface area contributed by atoms with Crippen LogP contribution >= 0.6 is 0 Å². The predicted molar refractivity (Wildman–Crippen MR) is 63.5 cm³/mol. The molecular formula is C14H13NO. The molecule has 0 aliphatic heterocycles. The summed E-state index contributed by atoms with van der Waals surface area (Å²) in [4.78, 5) is 0. The van der Waals surface area contributed by atoms with Gasteiger partial charge in [-0.3, -0.25) is 0 Å². The fourth-order valence-corrected chi connectivity index (χ4v) is 1.17. The van der Waals surface area contributed by atoms with Gasteiger partial charge in [0.15, 0.2) is 0 Å². The van der Waals surface area contributed by atoms with Crippen molar-refractivity contribution in [1.29, 1.82) is 5.26 Å². The molecule has 1 aromatic carbocycles. The highest BCUT2D eigenvalue weighted by Gasteiger charge is 1.96. The number of hydrogen-bond acceptors (Lipinski definition) is 2. The van der Waals surface area contributed by atoms with Crippen molar-refractivity contribution in [2.24, 2.45) is 0 Å². The number of nitrogens with zero attached hydrogens (tertiary/aromatic N) is 1. The molecule has 1 N–H and O–H groups in total. The maximum absolute atomic E-state index is 9.39. The Morgan fingerprint density at radius 1 is 1.31 bits per heavy atom. The van der Waals surface area contributed by atoms with Crippen LogP contribution in [0.5, 0.6) is 0 Å². The summed E-state index contributed by atoms with van der Waals surface area (Å²) < 4.78 is 0. The summed E-state index contributed by atoms with van der Waals surface area (Å²) in [6.07, 6.45) is 2.23. The Morgan fingerprint density at radius 3 is 2.50 bits per heavy atom. The normalized spacial score (nSPS) is 10.8. The molecule has 1 unspecified atom stereocenters. The zero-order valence-corrected chi connectivity index (χ0v) is 8.98. The highest BCUT2D eigenvalue weighted by molar-refractivity contribution is 5.39. The summed E-state index contributed by atoms with van der Waals surface area (Å²) in [5.74, 6) is 5.82. The van der Waals surface area contributed by atoms with Gasteiger partial charge in [-0.1, -0.05) is 17.9 Å². The predicted octanol–water partition coefficient (Wildman–Crippen LogP) is 2.24. The van der Waals surface area contributed by atoms with Gasteiger partial charge in [-0.25, -0.2) is 0 Å². The first kappa shape index (κ1) is 12.0. The van der Waals surface area contributed by atoms with Crippen LogP contribution in [0.2, 0.25) is 0 Å². The van der Waals surface area contributed by atoms with E-state index in [-0.39, 0.29) is 0 Å². The molecule has 1 rings (SSSR count). The summed E-state index contributed by atoms with van der Waals surface area (Å²) in [5.41, 5.74) is 1.47. The van der Waals surface area contributed by atoms with Crippen LogP contribution in [0.4, 0.5) is 0 Å². The molecule has 16 heavy (non-hydrogen) atoms. The van der Waals surface area contributed by atoms with Gasteiger partial charge in [-0.2, -0.15) is 5.26 Å². The molecule has 0 aromatic heterocycles. The third-order valence-electron chi connectivity index (χ3n) is 2.02. The van der Waals surface area contributed by atoms with Crippen molar-refractivity contribution >= 4 is 0 Å². The van der Waals surface area contributed by atoms with Gasteiger partial charge in [0.1, 0.15) is 0 Å². The van der Waals surface area contributed by atoms with Gasteiger partial charge in [0.05, 0.1) is 17.7 Å². The van der Waals surface area contributed by atoms with E-state index in [0.717, 1.165) is 5.56 Å². The number of benzene rings is 1. The molecule has 0 saturated carbocycles. The maximum Gasteiger partial charge on any atom is 0.0991 e. The first-order valence-electron chi connectivity index (χ1n) is 5.04. The molecule has 0 aliphatic rings. The molecule has 0 amide bonds. The van der Waals surface area contributed by atoms with Crippen molar-refractivity contribution in [1.82, 2.24) is 0 Å². The molecule has 0 spiro atoms. The average Bonchev–Trinajstić information content (AvgIpc) is 2.30. The summed E-state index contributed by atoms with van der Waals surface area (Å²) in [7, 11) is 0. The maximum atomic E-state index is 9.39. The molecule has 2 heteroatoms. The molecule has 1 aromatic rings. The summed E-state index contributed by atoms with van der Waals surface area (Å²) in [6, 6.07) is 9.09. The topological polar surface area (TPSA) is 44.0 Å². The minimum Gasteiger partial charge on any atom is -0.392 e. The number of aliphatic hydroxyl groups is 1. The van der Waals surface area contributed by atoms with Gasteiger partial charge < -0.3 is 5.11 Å². The van der Waals surface area contributed by atoms with Crippen molar-refractivity contribution in [3.05, 3.63) is 48.0 Å². The van der Waals surface area contributed by atoms with Crippen LogP contribution in [0.15, 0.2) is 36.9 Å². The third-order valence-corrected chi connectivity index (χ3v) is 2.02. The minimum atomic E-state index is -0.441. The molecule has 0 bridgehead atoms. The van der Waals surface area contributed by atoms with Crippen molar-refractivity contribution in [3.63, 3.8) is 0 Å². The fraction of sp³-hybridized carbons (Fsp3) is 0.214. The van der Waals surface area contributed by atoms with Crippen molar-refractivity contribution in [2.75, 3.05) is 0 Å². The Balaban J connectivity index is 2.56. The van der Waals surface area contributed by atoms with Crippen molar-refractivity contribution < 1.29 is 5.11 Å². The van der Waals surface area contributed by atoms with Gasteiger partial charge >= 0.3 is 0 Å². The van der Waals surface area contributed by atoms with Crippen LogP contribution in [0.1, 0.15) is 24.0 Å². The molecule has 1 atom stereocenters. The van der Waals surface area contributed by atoms with Crippen LogP contribution < -0.4 is 0 Å². The molecule has 0 radical (unpaired) electrons. The first-order chi connectivity index (χ1) is 7.76. The zero-order chi connectivity index (χ0) is 11.8. The summed E-state index contributed by atoms with van der Waals surface area (Å²) in [6.45, 7) is 3.55. The minimum absolute atomic E-state index is 0.437. The van der Waals surface area contributed by atoms with Crippen molar-refractivity contribution in [3.8, 4) is 17.9 Å². The second kappa shape index (κ2) is 6.45. The molecular weight excluding hydrogens is 198 g/mol. The van der Waals surface area contributed by atoms with Gasteiger partial charge in [-0.05, 0) is 30.7 Å². The Hall–Kier alpha value is -2.03. The van der Waals surface area contributed by atoms with E-state index in [9.17, 15) is 5.11 Å². The summed E-state index contributed by atoms with van der Waals surface area (Å²) >= 11 is 0. The van der Waals surface area contributed by atoms with Crippen LogP contribution in [-0.4, -0.2) is 11.2 Å². The monoisotopic (exact) mass is 211 g/mol. The van der Waals surface area contributed by atoms with E-state index in [4.69, 9.17) is 5.26 Å². The number of hydrogen-bond donors (Lipinski definition) is 1. The Morgan fingerprint density at radius 2 is 1.94 bits per heavy atom. The third kappa shape index (κ3) is 4.00. The van der Waals surface area contributed by atoms with E-state index in [1.165, 1.54) is 0 Å². The number of rotatable bonds is 3. The Bertz CT molecular complexity index is 442. The number of nitriles is 1. The van der Waals surface area contributed by atoms with E-state index in [0.29, 0.717) is 18.4 Å². The SMILES string of the molecule is C=CCC(O)CC#Cc1ccc(C#N)cc1. The molecule has 0 saturated heterocycles. The molecule has 80 valence electrons. The highest BCUT2D eigenvalue weighted by atomic mass is 16.3. The largest absolute Gasteiger partial charge is 0.392 e. The van der Waals surface area contributed by atoms with Crippen LogP contribution in [0.3, 0.4) is 0 Å². The molecule has 2 nitrogen and oxygen atoms in total. The van der Waals surface area contributed by atoms with Gasteiger partial charge in [0.2, 0.25) is 0 Å². The van der Waals surface area contributed by atoms with E-state index < -0.39 is 6.10 Å². The van der Waals surface area contributed by atoms with E-state index >= 15 is 0 Å². The van der Waals surface area contributed by atoms with Crippen molar-refractivity contribution in [2.45, 2.75) is 18.9 Å². The van der Waals surface area contributed by atoms with Gasteiger partial charge in [0.25, 0.3) is 0 Å². The van der Waals surface area contributed by atoms with Gasteiger partial charge in [0, 0.05) is 12.0 Å². The zero-order valence-electron chi connectivity index (χ0n) is 8.98. The lowest BCUT2D eigenvalue weighted by Gasteiger charge is -2.00. The van der Waals surface area contributed by atoms with Crippen LogP contribution in [0, 0.1) is 23.2 Å². The average molecular weight is 211 g/mol. The van der Waals surface area contributed by atoms with E-state index in [1.54, 1.807) is 30.3 Å². The van der Waals surface area contributed by atoms with Crippen LogP contribution in [-0.2, 0) is 0 Å². The smallest absolute Gasteiger partial charge is 0.0991 e. The lowest BCUT2D eigenvalue weighted by Crippen LogP contribution is -2.02. The number of aliphatic hydroxyl groups excluding tert-OH is 1. The Labute approximate surface area is 95.8 Å². The summed E-state index contributed by atoms with van der Waals surface area (Å²) in [5, 5.41) is 18.0. The second-order valence-electron chi connectivity index (χ2n) is 3.37. The first-order valence-corrected chi connectivity index (χ1v) is 5.04. The molecule has 0 fully saturated rings. The van der Waals surface area contributed by atoms with Gasteiger partial charge in [-0.15, -0.1) is 6.58 Å². The van der Waals surface area contributed by atoms with Crippen LogP contribution in [0.25, 0.3) is 0 Å². The van der Waals surface area contributed by atoms with E-state index in [1.807, 2.05) is 6.07 Å². The Kier molecular flexibility index (Phi) is 4.86. The van der Waals surface area contributed by atoms with E-state index in [2.05, 4.69) is 18.4 Å². The fourth-order valence-electron chi connectivity index (χ4n) is 1.17. The quantitative estimate of drug-likeness (QED) is 0.615. The lowest BCUT2D eigenvalue weighted by molar-refractivity contribution is 0.184. The second-order valence-corrected chi connectivity index (χ2v) is 3.37. The lowest BCUT2D eigenvalue weighted by atomic mass is 10.1.